The van der Waals surface area contributed by atoms with Crippen LogP contribution in [-0.2, 0) is 13.8 Å². The first-order valence-corrected chi connectivity index (χ1v) is 8.18. The lowest BCUT2D eigenvalue weighted by Crippen LogP contribution is -2.15. The highest BCUT2D eigenvalue weighted by Gasteiger charge is 2.28. The molecule has 0 bridgehead atoms. The number of fused-ring (bicyclic) bond motifs is 1. The van der Waals surface area contributed by atoms with Crippen molar-refractivity contribution in [1.29, 1.82) is 0 Å². The Balaban J connectivity index is 1.76. The first kappa shape index (κ1) is 13.5. The number of ether oxygens (including phenoxy) is 1. The van der Waals surface area contributed by atoms with Crippen LogP contribution < -0.4 is 5.73 Å². The fourth-order valence-corrected chi connectivity index (χ4v) is 2.73. The van der Waals surface area contributed by atoms with Gasteiger partial charge in [-0.1, -0.05) is 0 Å². The van der Waals surface area contributed by atoms with E-state index < -0.39 is 8.03 Å². The van der Waals surface area contributed by atoms with Crippen LogP contribution in [-0.4, -0.2) is 38.9 Å². The standard InChI is InChI=1S/C11H16N5O3P/c1-20(17)18-4-7-2-3-8(19-7)16-6-15-9-10(12)13-5-14-11(9)16/h5-8,20H,2-4H2,1H3,(H2,12,13,14)/t7-,8+/m1/s1. The van der Waals surface area contributed by atoms with Crippen molar-refractivity contribution < 1.29 is 13.8 Å². The fourth-order valence-electron chi connectivity index (χ4n) is 2.31. The van der Waals surface area contributed by atoms with E-state index in [4.69, 9.17) is 15.0 Å². The Kier molecular flexibility index (Phi) is 3.69. The number of nitrogen functional groups attached to an aromatic ring is 1. The van der Waals surface area contributed by atoms with E-state index >= 15 is 0 Å². The van der Waals surface area contributed by atoms with E-state index in [1.807, 2.05) is 4.57 Å². The van der Waals surface area contributed by atoms with Gasteiger partial charge >= 0.3 is 0 Å². The van der Waals surface area contributed by atoms with Crippen LogP contribution in [0.1, 0.15) is 19.1 Å². The Labute approximate surface area is 116 Å². The molecule has 1 aliphatic rings. The van der Waals surface area contributed by atoms with Gasteiger partial charge in [-0.15, -0.1) is 0 Å². The molecular weight excluding hydrogens is 281 g/mol. The third kappa shape index (κ3) is 2.54. The molecule has 0 spiro atoms. The second-order valence-corrected chi connectivity index (χ2v) is 5.95. The van der Waals surface area contributed by atoms with Gasteiger partial charge in [0.1, 0.15) is 18.1 Å². The summed E-state index contributed by atoms with van der Waals surface area (Å²) in [6.07, 6.45) is 4.54. The van der Waals surface area contributed by atoms with Crippen molar-refractivity contribution in [2.24, 2.45) is 0 Å². The summed E-state index contributed by atoms with van der Waals surface area (Å²) in [5.74, 6) is 0.358. The molecule has 0 aromatic carbocycles. The van der Waals surface area contributed by atoms with Crippen molar-refractivity contribution in [3.05, 3.63) is 12.7 Å². The number of imidazole rings is 1. The van der Waals surface area contributed by atoms with Gasteiger partial charge in [-0.2, -0.15) is 0 Å². The van der Waals surface area contributed by atoms with Crippen molar-refractivity contribution in [2.45, 2.75) is 25.2 Å². The number of hydrogen-bond donors (Lipinski definition) is 1. The molecule has 1 unspecified atom stereocenters. The number of hydrogen-bond acceptors (Lipinski definition) is 7. The first-order chi connectivity index (χ1) is 9.65. The minimum Gasteiger partial charge on any atom is -0.382 e. The lowest BCUT2D eigenvalue weighted by Gasteiger charge is -2.14. The lowest BCUT2D eigenvalue weighted by molar-refractivity contribution is -0.0145. The normalized spacial score (nSPS) is 24.2. The summed E-state index contributed by atoms with van der Waals surface area (Å²) in [5.41, 5.74) is 7.00. The van der Waals surface area contributed by atoms with Crippen LogP contribution in [0.25, 0.3) is 11.2 Å². The predicted molar refractivity (Wildman–Crippen MR) is 73.8 cm³/mol. The van der Waals surface area contributed by atoms with Crippen LogP contribution in [0.2, 0.25) is 0 Å². The number of nitrogens with two attached hydrogens (primary N) is 1. The van der Waals surface area contributed by atoms with Crippen molar-refractivity contribution >= 4 is 25.0 Å². The number of aromatic nitrogens is 4. The summed E-state index contributed by atoms with van der Waals surface area (Å²) in [5, 5.41) is 0. The van der Waals surface area contributed by atoms with Gasteiger partial charge in [0.25, 0.3) is 0 Å². The van der Waals surface area contributed by atoms with Gasteiger partial charge in [0.05, 0.1) is 19.0 Å². The van der Waals surface area contributed by atoms with Gasteiger partial charge in [-0.25, -0.2) is 15.0 Å². The molecule has 2 N–H and O–H groups in total. The summed E-state index contributed by atoms with van der Waals surface area (Å²) >= 11 is 0. The second kappa shape index (κ2) is 5.47. The quantitative estimate of drug-likeness (QED) is 0.845. The highest BCUT2D eigenvalue weighted by atomic mass is 31.1. The maximum atomic E-state index is 11.0. The minimum atomic E-state index is -1.92. The Morgan fingerprint density at radius 3 is 3.15 bits per heavy atom. The SMILES string of the molecule is C[PH](=O)OC[C@H]1CC[C@@H](n2cnc3c(N)ncnc32)O1. The molecule has 1 fully saturated rings. The molecule has 0 amide bonds. The molecule has 2 aromatic heterocycles. The van der Waals surface area contributed by atoms with Crippen molar-refractivity contribution in [1.82, 2.24) is 19.5 Å². The van der Waals surface area contributed by atoms with Gasteiger partial charge in [-0.05, 0) is 12.8 Å². The maximum absolute atomic E-state index is 11.0. The molecule has 1 aliphatic heterocycles. The third-order valence-electron chi connectivity index (χ3n) is 3.25. The first-order valence-electron chi connectivity index (χ1n) is 6.37. The molecule has 3 rings (SSSR count). The monoisotopic (exact) mass is 297 g/mol. The van der Waals surface area contributed by atoms with Crippen LogP contribution in [0.15, 0.2) is 12.7 Å². The highest BCUT2D eigenvalue weighted by Crippen LogP contribution is 2.32. The van der Waals surface area contributed by atoms with Crippen molar-refractivity contribution in [2.75, 3.05) is 19.0 Å². The summed E-state index contributed by atoms with van der Waals surface area (Å²) in [6, 6.07) is 0. The lowest BCUT2D eigenvalue weighted by atomic mass is 10.2. The molecule has 9 heteroatoms. The van der Waals surface area contributed by atoms with E-state index in [0.717, 1.165) is 12.8 Å². The van der Waals surface area contributed by atoms with Crippen molar-refractivity contribution in [3.8, 4) is 0 Å². The zero-order valence-electron chi connectivity index (χ0n) is 11.0. The minimum absolute atomic E-state index is 0.0504. The highest BCUT2D eigenvalue weighted by molar-refractivity contribution is 7.38. The predicted octanol–water partition coefficient (Wildman–Crippen LogP) is 1.21. The summed E-state index contributed by atoms with van der Waals surface area (Å²) < 4.78 is 23.9. The van der Waals surface area contributed by atoms with E-state index in [1.165, 1.54) is 6.33 Å². The number of rotatable bonds is 4. The molecule has 0 aliphatic carbocycles. The molecule has 3 atom stereocenters. The molecule has 1 saturated heterocycles. The summed E-state index contributed by atoms with van der Waals surface area (Å²) in [4.78, 5) is 12.3. The molecule has 3 heterocycles. The van der Waals surface area contributed by atoms with Gasteiger partial charge in [0.15, 0.2) is 19.5 Å². The summed E-state index contributed by atoms with van der Waals surface area (Å²) in [6.45, 7) is 1.93. The molecular formula is C11H16N5O3P. The molecule has 2 aromatic rings. The average Bonchev–Trinajstić information content (AvgIpc) is 3.02. The van der Waals surface area contributed by atoms with E-state index in [2.05, 4.69) is 15.0 Å². The van der Waals surface area contributed by atoms with E-state index in [0.29, 0.717) is 23.6 Å². The van der Waals surface area contributed by atoms with Gasteiger partial charge in [0, 0.05) is 6.66 Å². The molecule has 8 nitrogen and oxygen atoms in total. The maximum Gasteiger partial charge on any atom is 0.188 e. The zero-order valence-corrected chi connectivity index (χ0v) is 12.0. The fraction of sp³-hybridized carbons (Fsp3) is 0.545. The van der Waals surface area contributed by atoms with Gasteiger partial charge in [0.2, 0.25) is 0 Å². The topological polar surface area (TPSA) is 105 Å². The van der Waals surface area contributed by atoms with Crippen LogP contribution in [0.5, 0.6) is 0 Å². The Morgan fingerprint density at radius 1 is 1.50 bits per heavy atom. The molecule has 108 valence electrons. The molecule has 0 saturated carbocycles. The Hall–Kier alpha value is -1.50. The van der Waals surface area contributed by atoms with Crippen LogP contribution >= 0.6 is 8.03 Å². The van der Waals surface area contributed by atoms with Crippen LogP contribution in [0.3, 0.4) is 0 Å². The van der Waals surface area contributed by atoms with E-state index in [9.17, 15) is 4.57 Å². The van der Waals surface area contributed by atoms with E-state index in [-0.39, 0.29) is 12.3 Å². The second-order valence-electron chi connectivity index (χ2n) is 4.68. The molecule has 0 radical (unpaired) electrons. The Morgan fingerprint density at radius 2 is 2.35 bits per heavy atom. The number of nitrogens with zero attached hydrogens (tertiary/aromatic N) is 4. The Bertz CT molecular complexity index is 646. The van der Waals surface area contributed by atoms with Crippen molar-refractivity contribution in [3.63, 3.8) is 0 Å². The zero-order chi connectivity index (χ0) is 14.1. The third-order valence-corrected chi connectivity index (χ3v) is 3.83. The molecule has 20 heavy (non-hydrogen) atoms. The van der Waals surface area contributed by atoms with Gasteiger partial charge in [-0.3, -0.25) is 9.13 Å². The largest absolute Gasteiger partial charge is 0.382 e. The van der Waals surface area contributed by atoms with E-state index in [1.54, 1.807) is 13.0 Å². The summed E-state index contributed by atoms with van der Waals surface area (Å²) in [7, 11) is -1.92. The van der Waals surface area contributed by atoms with Gasteiger partial charge < -0.3 is 15.0 Å². The number of anilines is 1. The van der Waals surface area contributed by atoms with Crippen LogP contribution in [0.4, 0.5) is 5.82 Å². The average molecular weight is 297 g/mol. The smallest absolute Gasteiger partial charge is 0.188 e. The van der Waals surface area contributed by atoms with Crippen LogP contribution in [0, 0.1) is 0 Å².